The van der Waals surface area contributed by atoms with Crippen molar-refractivity contribution in [1.29, 1.82) is 0 Å². The number of hydrogen-bond donors (Lipinski definition) is 0. The second kappa shape index (κ2) is 6.93. The molecule has 1 amide bonds. The van der Waals surface area contributed by atoms with E-state index in [0.717, 1.165) is 6.42 Å². The molecule has 5 nitrogen and oxygen atoms in total. The third-order valence-corrected chi connectivity index (χ3v) is 2.96. The quantitative estimate of drug-likeness (QED) is 0.614. The fourth-order valence-corrected chi connectivity index (χ4v) is 1.93. The lowest BCUT2D eigenvalue weighted by Crippen LogP contribution is -2.26. The number of carbonyl (C=O) groups is 2. The highest BCUT2D eigenvalue weighted by Crippen LogP contribution is 2.17. The van der Waals surface area contributed by atoms with Crippen LogP contribution in [0, 0.1) is 6.92 Å². The first-order chi connectivity index (χ1) is 9.40. The predicted molar refractivity (Wildman–Crippen MR) is 75.3 cm³/mol. The molecule has 0 N–H and O–H groups in total. The molecule has 0 radical (unpaired) electrons. The van der Waals surface area contributed by atoms with Crippen molar-refractivity contribution < 1.29 is 18.7 Å². The lowest BCUT2D eigenvalue weighted by Gasteiger charge is -2.15. The topological polar surface area (TPSA) is 59.8 Å². The van der Waals surface area contributed by atoms with Gasteiger partial charge in [-0.1, -0.05) is 13.0 Å². The Labute approximate surface area is 119 Å². The zero-order valence-corrected chi connectivity index (χ0v) is 12.6. The molecule has 0 fully saturated rings. The van der Waals surface area contributed by atoms with Gasteiger partial charge in [-0.15, -0.1) is 0 Å². The first kappa shape index (κ1) is 16.0. The summed E-state index contributed by atoms with van der Waals surface area (Å²) in [5, 5.41) is 0. The molecule has 0 aliphatic rings. The summed E-state index contributed by atoms with van der Waals surface area (Å²) in [6.45, 7) is 5.77. The Kier molecular flexibility index (Phi) is 5.55. The van der Waals surface area contributed by atoms with Gasteiger partial charge in [0.15, 0.2) is 0 Å². The molecule has 0 saturated heterocycles. The van der Waals surface area contributed by atoms with Crippen LogP contribution >= 0.6 is 0 Å². The normalized spacial score (nSPS) is 11.3. The van der Waals surface area contributed by atoms with Gasteiger partial charge in [0.1, 0.15) is 17.1 Å². The highest BCUT2D eigenvalue weighted by atomic mass is 16.5. The van der Waals surface area contributed by atoms with E-state index in [0.29, 0.717) is 29.2 Å². The van der Waals surface area contributed by atoms with Crippen molar-refractivity contribution in [2.24, 2.45) is 0 Å². The number of hydrogen-bond acceptors (Lipinski definition) is 4. The predicted octanol–water partition coefficient (Wildman–Crippen LogP) is 2.69. The van der Waals surface area contributed by atoms with Gasteiger partial charge in [-0.25, -0.2) is 4.79 Å². The molecule has 0 aliphatic carbocycles. The molecule has 0 unspecified atom stereocenters. The van der Waals surface area contributed by atoms with Gasteiger partial charge in [0.2, 0.25) is 5.91 Å². The number of nitrogens with zero attached hydrogens (tertiary/aromatic N) is 1. The Balaban J connectivity index is 2.81. The zero-order valence-electron chi connectivity index (χ0n) is 12.6. The number of esters is 1. The molecule has 0 aliphatic heterocycles. The summed E-state index contributed by atoms with van der Waals surface area (Å²) in [6, 6.07) is 1.61. The van der Waals surface area contributed by atoms with Gasteiger partial charge in [-0.2, -0.15) is 0 Å². The van der Waals surface area contributed by atoms with E-state index in [1.165, 1.54) is 7.11 Å². The minimum absolute atomic E-state index is 0.0551. The van der Waals surface area contributed by atoms with Crippen LogP contribution in [0.3, 0.4) is 0 Å². The van der Waals surface area contributed by atoms with Crippen molar-refractivity contribution in [3.8, 4) is 0 Å². The molecule has 1 aromatic rings. The fraction of sp³-hybridized carbons (Fsp3) is 0.467. The number of amides is 1. The molecule has 5 heteroatoms. The second-order valence-corrected chi connectivity index (χ2v) is 4.63. The molecule has 20 heavy (non-hydrogen) atoms. The number of ether oxygens (including phenoxy) is 1. The van der Waals surface area contributed by atoms with E-state index in [-0.39, 0.29) is 5.91 Å². The number of methoxy groups -OCH3 is 1. The van der Waals surface area contributed by atoms with Crippen LogP contribution in [0.15, 0.2) is 22.1 Å². The maximum Gasteiger partial charge on any atom is 0.341 e. The monoisotopic (exact) mass is 279 g/mol. The third-order valence-electron chi connectivity index (χ3n) is 2.96. The molecule has 0 atom stereocenters. The van der Waals surface area contributed by atoms with Crippen LogP contribution in [-0.4, -0.2) is 30.9 Å². The van der Waals surface area contributed by atoms with E-state index in [1.54, 1.807) is 31.9 Å². The number of aryl methyl sites for hydroxylation is 1. The second-order valence-electron chi connectivity index (χ2n) is 4.63. The van der Waals surface area contributed by atoms with Crippen LogP contribution < -0.4 is 0 Å². The zero-order chi connectivity index (χ0) is 15.3. The number of carbonyl (C=O) groups excluding carboxylic acids is 2. The van der Waals surface area contributed by atoms with Crippen molar-refractivity contribution in [1.82, 2.24) is 4.90 Å². The minimum Gasteiger partial charge on any atom is -0.465 e. The Morgan fingerprint density at radius 1 is 1.45 bits per heavy atom. The standard InChI is InChI=1S/C15H21NO4/c1-6-7-10(2)14(17)16(4)9-12-8-13(11(3)20-12)15(18)19-5/h7-8H,6,9H2,1-5H3. The highest BCUT2D eigenvalue weighted by Gasteiger charge is 2.18. The van der Waals surface area contributed by atoms with Gasteiger partial charge >= 0.3 is 5.97 Å². The number of rotatable bonds is 5. The summed E-state index contributed by atoms with van der Waals surface area (Å²) in [5.74, 6) is 0.561. The Morgan fingerprint density at radius 3 is 2.65 bits per heavy atom. The molecule has 110 valence electrons. The van der Waals surface area contributed by atoms with Gasteiger partial charge in [0, 0.05) is 12.6 Å². The fourth-order valence-electron chi connectivity index (χ4n) is 1.93. The first-order valence-corrected chi connectivity index (χ1v) is 6.50. The number of likely N-dealkylation sites (N-methyl/N-ethyl adjacent to an activating group) is 1. The van der Waals surface area contributed by atoms with Crippen molar-refractivity contribution >= 4 is 11.9 Å². The largest absolute Gasteiger partial charge is 0.465 e. The Morgan fingerprint density at radius 2 is 2.10 bits per heavy atom. The van der Waals surface area contributed by atoms with Gasteiger partial charge in [-0.05, 0) is 26.3 Å². The summed E-state index contributed by atoms with van der Waals surface area (Å²) in [7, 11) is 3.02. The lowest BCUT2D eigenvalue weighted by molar-refractivity contribution is -0.126. The van der Waals surface area contributed by atoms with Crippen LogP contribution in [0.4, 0.5) is 0 Å². The van der Waals surface area contributed by atoms with Crippen LogP contribution in [0.5, 0.6) is 0 Å². The van der Waals surface area contributed by atoms with Crippen LogP contribution in [0.1, 0.15) is 42.1 Å². The molecular formula is C15H21NO4. The summed E-state index contributed by atoms with van der Waals surface area (Å²) in [4.78, 5) is 25.1. The Bertz CT molecular complexity index is 528. The molecule has 1 rings (SSSR count). The first-order valence-electron chi connectivity index (χ1n) is 6.50. The van der Waals surface area contributed by atoms with E-state index in [1.807, 2.05) is 13.0 Å². The van der Waals surface area contributed by atoms with Crippen molar-refractivity contribution in [2.45, 2.75) is 33.7 Å². The molecule has 0 saturated carbocycles. The van der Waals surface area contributed by atoms with Gasteiger partial charge in [-0.3, -0.25) is 4.79 Å². The van der Waals surface area contributed by atoms with E-state index in [4.69, 9.17) is 4.42 Å². The summed E-state index contributed by atoms with van der Waals surface area (Å²) < 4.78 is 10.1. The van der Waals surface area contributed by atoms with Gasteiger partial charge in [0.05, 0.1) is 13.7 Å². The average molecular weight is 279 g/mol. The molecule has 0 bridgehead atoms. The van der Waals surface area contributed by atoms with Gasteiger partial charge in [0.25, 0.3) is 0 Å². The average Bonchev–Trinajstić information content (AvgIpc) is 2.77. The Hall–Kier alpha value is -2.04. The number of allylic oxidation sites excluding steroid dienone is 1. The smallest absolute Gasteiger partial charge is 0.341 e. The maximum absolute atomic E-state index is 12.0. The van der Waals surface area contributed by atoms with Crippen molar-refractivity contribution in [3.63, 3.8) is 0 Å². The van der Waals surface area contributed by atoms with Crippen LogP contribution in [-0.2, 0) is 16.1 Å². The summed E-state index contributed by atoms with van der Waals surface area (Å²) >= 11 is 0. The SMILES string of the molecule is CCC=C(C)C(=O)N(C)Cc1cc(C(=O)OC)c(C)o1. The summed E-state index contributed by atoms with van der Waals surface area (Å²) in [5.41, 5.74) is 1.09. The van der Waals surface area contributed by atoms with E-state index >= 15 is 0 Å². The highest BCUT2D eigenvalue weighted by molar-refractivity contribution is 5.92. The summed E-state index contributed by atoms with van der Waals surface area (Å²) in [6.07, 6.45) is 2.70. The molecule has 1 heterocycles. The third kappa shape index (κ3) is 3.73. The molecule has 0 spiro atoms. The molecular weight excluding hydrogens is 258 g/mol. The minimum atomic E-state index is -0.437. The van der Waals surface area contributed by atoms with Crippen molar-refractivity contribution in [2.75, 3.05) is 14.2 Å². The molecule has 1 aromatic heterocycles. The van der Waals surface area contributed by atoms with Crippen molar-refractivity contribution in [3.05, 3.63) is 34.8 Å². The lowest BCUT2D eigenvalue weighted by atomic mass is 10.2. The van der Waals surface area contributed by atoms with Crippen LogP contribution in [0.2, 0.25) is 0 Å². The number of furan rings is 1. The van der Waals surface area contributed by atoms with E-state index < -0.39 is 5.97 Å². The molecule has 0 aromatic carbocycles. The van der Waals surface area contributed by atoms with E-state index in [2.05, 4.69) is 4.74 Å². The maximum atomic E-state index is 12.0. The van der Waals surface area contributed by atoms with Crippen LogP contribution in [0.25, 0.3) is 0 Å². The van der Waals surface area contributed by atoms with E-state index in [9.17, 15) is 9.59 Å². The van der Waals surface area contributed by atoms with Gasteiger partial charge < -0.3 is 14.1 Å².